The van der Waals surface area contributed by atoms with Crippen LogP contribution in [0, 0.1) is 13.8 Å². The maximum atomic E-state index is 4.88. The highest BCUT2D eigenvalue weighted by Gasteiger charge is 2.18. The standard InChI is InChI=1S/C23H20N6/c1-15-7-6-8-17(13-15)29-23(25-22(27-29)20-11-12-28(3)26-20)21-14-16(2)18-9-4-5-10-19(18)24-21/h4-14H,1-3H3. The van der Waals surface area contributed by atoms with E-state index in [1.807, 2.05) is 54.3 Å². The lowest BCUT2D eigenvalue weighted by molar-refractivity contribution is 0.768. The van der Waals surface area contributed by atoms with Crippen molar-refractivity contribution < 1.29 is 0 Å². The molecule has 0 atom stereocenters. The summed E-state index contributed by atoms with van der Waals surface area (Å²) in [5.41, 5.74) is 5.73. The van der Waals surface area contributed by atoms with Crippen LogP contribution in [0.5, 0.6) is 0 Å². The van der Waals surface area contributed by atoms with Gasteiger partial charge in [-0.25, -0.2) is 14.6 Å². The molecule has 0 aliphatic rings. The Bertz CT molecular complexity index is 1340. The number of benzene rings is 2. The number of pyridine rings is 1. The number of rotatable bonds is 3. The Labute approximate surface area is 168 Å². The minimum Gasteiger partial charge on any atom is -0.275 e. The molecule has 3 heterocycles. The summed E-state index contributed by atoms with van der Waals surface area (Å²) in [4.78, 5) is 9.71. The second-order valence-electron chi connectivity index (χ2n) is 7.23. The highest BCUT2D eigenvalue weighted by Crippen LogP contribution is 2.27. The van der Waals surface area contributed by atoms with Crippen LogP contribution in [-0.2, 0) is 7.05 Å². The molecule has 0 fully saturated rings. The fraction of sp³-hybridized carbons (Fsp3) is 0.130. The van der Waals surface area contributed by atoms with Crippen molar-refractivity contribution in [1.29, 1.82) is 0 Å². The first kappa shape index (κ1) is 17.3. The Balaban J connectivity index is 1.76. The molecule has 6 heteroatoms. The lowest BCUT2D eigenvalue weighted by Crippen LogP contribution is -2.01. The number of aromatic nitrogens is 6. The highest BCUT2D eigenvalue weighted by atomic mass is 15.4. The molecule has 0 aliphatic heterocycles. The normalized spacial score (nSPS) is 11.3. The van der Waals surface area contributed by atoms with Gasteiger partial charge in [-0.2, -0.15) is 5.10 Å². The van der Waals surface area contributed by atoms with E-state index in [4.69, 9.17) is 15.1 Å². The zero-order valence-corrected chi connectivity index (χ0v) is 16.5. The Morgan fingerprint density at radius 2 is 1.66 bits per heavy atom. The van der Waals surface area contributed by atoms with Gasteiger partial charge in [0.25, 0.3) is 0 Å². The van der Waals surface area contributed by atoms with Crippen LogP contribution >= 0.6 is 0 Å². The molecule has 29 heavy (non-hydrogen) atoms. The van der Waals surface area contributed by atoms with Crippen LogP contribution in [0.1, 0.15) is 11.1 Å². The predicted octanol–water partition coefficient (Wildman–Crippen LogP) is 4.50. The highest BCUT2D eigenvalue weighted by molar-refractivity contribution is 5.84. The molecular formula is C23H20N6. The largest absolute Gasteiger partial charge is 0.275 e. The lowest BCUT2D eigenvalue weighted by Gasteiger charge is -2.08. The van der Waals surface area contributed by atoms with Crippen molar-refractivity contribution in [3.8, 4) is 28.7 Å². The van der Waals surface area contributed by atoms with Crippen LogP contribution in [0.3, 0.4) is 0 Å². The summed E-state index contributed by atoms with van der Waals surface area (Å²) < 4.78 is 3.61. The molecule has 0 aliphatic carbocycles. The molecule has 0 bridgehead atoms. The molecule has 0 unspecified atom stereocenters. The van der Waals surface area contributed by atoms with Gasteiger partial charge in [0.2, 0.25) is 5.82 Å². The molecule has 0 spiro atoms. The molecule has 142 valence electrons. The summed E-state index contributed by atoms with van der Waals surface area (Å²) in [7, 11) is 1.89. The molecular weight excluding hydrogens is 360 g/mol. The van der Waals surface area contributed by atoms with E-state index in [9.17, 15) is 0 Å². The van der Waals surface area contributed by atoms with Gasteiger partial charge < -0.3 is 0 Å². The third-order valence-corrected chi connectivity index (χ3v) is 4.95. The van der Waals surface area contributed by atoms with Crippen molar-refractivity contribution in [3.63, 3.8) is 0 Å². The average Bonchev–Trinajstić information content (AvgIpc) is 3.34. The zero-order chi connectivity index (χ0) is 20.0. The van der Waals surface area contributed by atoms with Crippen molar-refractivity contribution in [2.75, 3.05) is 0 Å². The molecule has 5 aromatic rings. The van der Waals surface area contributed by atoms with Crippen LogP contribution < -0.4 is 0 Å². The summed E-state index contributed by atoms with van der Waals surface area (Å²) in [6.07, 6.45) is 1.89. The van der Waals surface area contributed by atoms with Gasteiger partial charge in [0.1, 0.15) is 11.4 Å². The van der Waals surface area contributed by atoms with Crippen LogP contribution in [0.15, 0.2) is 66.9 Å². The smallest absolute Gasteiger partial charge is 0.202 e. The second kappa shape index (κ2) is 6.67. The maximum absolute atomic E-state index is 4.88. The molecule has 6 nitrogen and oxygen atoms in total. The van der Waals surface area contributed by atoms with Crippen molar-refractivity contribution in [1.82, 2.24) is 29.5 Å². The molecule has 3 aromatic heterocycles. The molecule has 0 saturated carbocycles. The van der Waals surface area contributed by atoms with Gasteiger partial charge in [0.05, 0.1) is 11.2 Å². The van der Waals surface area contributed by atoms with Crippen molar-refractivity contribution in [2.24, 2.45) is 7.05 Å². The lowest BCUT2D eigenvalue weighted by atomic mass is 10.1. The van der Waals surface area contributed by atoms with E-state index >= 15 is 0 Å². The number of nitrogens with zero attached hydrogens (tertiary/aromatic N) is 6. The van der Waals surface area contributed by atoms with Crippen LogP contribution in [0.4, 0.5) is 0 Å². The number of aryl methyl sites for hydroxylation is 3. The molecule has 0 amide bonds. The van der Waals surface area contributed by atoms with Gasteiger partial charge in [0.15, 0.2) is 5.82 Å². The van der Waals surface area contributed by atoms with Crippen LogP contribution in [0.25, 0.3) is 39.6 Å². The molecule has 0 saturated heterocycles. The van der Waals surface area contributed by atoms with E-state index in [0.717, 1.165) is 39.1 Å². The Morgan fingerprint density at radius 1 is 0.793 bits per heavy atom. The topological polar surface area (TPSA) is 61.4 Å². The van der Waals surface area contributed by atoms with E-state index in [1.54, 1.807) is 4.68 Å². The molecule has 2 aromatic carbocycles. The van der Waals surface area contributed by atoms with Gasteiger partial charge in [0, 0.05) is 18.6 Å². The van der Waals surface area contributed by atoms with Crippen LogP contribution in [0.2, 0.25) is 0 Å². The first-order valence-electron chi connectivity index (χ1n) is 9.49. The quantitative estimate of drug-likeness (QED) is 0.462. The Hall–Kier alpha value is -3.80. The van der Waals surface area contributed by atoms with Crippen molar-refractivity contribution in [2.45, 2.75) is 13.8 Å². The fourth-order valence-electron chi connectivity index (χ4n) is 3.52. The SMILES string of the molecule is Cc1cccc(-n2nc(-c3ccn(C)n3)nc2-c2cc(C)c3ccccc3n2)c1. The minimum absolute atomic E-state index is 0.578. The third kappa shape index (κ3) is 3.08. The van der Waals surface area contributed by atoms with Gasteiger partial charge >= 0.3 is 0 Å². The minimum atomic E-state index is 0.578. The molecule has 0 radical (unpaired) electrons. The van der Waals surface area contributed by atoms with E-state index in [2.05, 4.69) is 43.2 Å². The maximum Gasteiger partial charge on any atom is 0.202 e. The summed E-state index contributed by atoms with van der Waals surface area (Å²) >= 11 is 0. The zero-order valence-electron chi connectivity index (χ0n) is 16.5. The summed E-state index contributed by atoms with van der Waals surface area (Å²) in [5.74, 6) is 1.28. The first-order chi connectivity index (χ1) is 14.1. The fourth-order valence-corrected chi connectivity index (χ4v) is 3.52. The van der Waals surface area contributed by atoms with E-state index < -0.39 is 0 Å². The third-order valence-electron chi connectivity index (χ3n) is 4.95. The van der Waals surface area contributed by atoms with Crippen molar-refractivity contribution >= 4 is 10.9 Å². The Kier molecular flexibility index (Phi) is 3.98. The van der Waals surface area contributed by atoms with Crippen LogP contribution in [-0.4, -0.2) is 29.5 Å². The van der Waals surface area contributed by atoms with Gasteiger partial charge in [-0.1, -0.05) is 30.3 Å². The molecule has 0 N–H and O–H groups in total. The van der Waals surface area contributed by atoms with E-state index in [0.29, 0.717) is 11.6 Å². The predicted molar refractivity (Wildman–Crippen MR) is 114 cm³/mol. The Morgan fingerprint density at radius 3 is 2.45 bits per heavy atom. The first-order valence-corrected chi connectivity index (χ1v) is 9.49. The van der Waals surface area contributed by atoms with Gasteiger partial charge in [-0.05, 0) is 55.3 Å². The van der Waals surface area contributed by atoms with E-state index in [1.165, 1.54) is 0 Å². The second-order valence-corrected chi connectivity index (χ2v) is 7.23. The van der Waals surface area contributed by atoms with Gasteiger partial charge in [-0.3, -0.25) is 4.68 Å². The number of para-hydroxylation sites is 1. The van der Waals surface area contributed by atoms with E-state index in [-0.39, 0.29) is 0 Å². The number of fused-ring (bicyclic) bond motifs is 1. The summed E-state index contributed by atoms with van der Waals surface area (Å²) in [6, 6.07) is 20.3. The molecule has 5 rings (SSSR count). The number of hydrogen-bond donors (Lipinski definition) is 0. The number of hydrogen-bond acceptors (Lipinski definition) is 4. The summed E-state index contributed by atoms with van der Waals surface area (Å²) in [6.45, 7) is 4.17. The summed E-state index contributed by atoms with van der Waals surface area (Å²) in [5, 5.41) is 10.4. The van der Waals surface area contributed by atoms with Crippen molar-refractivity contribution in [3.05, 3.63) is 78.0 Å². The monoisotopic (exact) mass is 380 g/mol. The average molecular weight is 380 g/mol. The van der Waals surface area contributed by atoms with Gasteiger partial charge in [-0.15, -0.1) is 5.10 Å².